The summed E-state index contributed by atoms with van der Waals surface area (Å²) < 4.78 is 16.6. The van der Waals surface area contributed by atoms with Gasteiger partial charge >= 0.3 is 6.09 Å². The number of hydrogen-bond acceptors (Lipinski definition) is 5. The summed E-state index contributed by atoms with van der Waals surface area (Å²) in [6.45, 7) is 5.48. The van der Waals surface area contributed by atoms with E-state index >= 15 is 0 Å². The Kier molecular flexibility index (Phi) is 7.54. The molecule has 2 aromatic rings. The Hall–Kier alpha value is -3.22. The molecule has 1 N–H and O–H groups in total. The minimum Gasteiger partial charge on any atom is -0.490 e. The maximum atomic E-state index is 12.9. The first-order valence-electron chi connectivity index (χ1n) is 10.3. The minimum atomic E-state index is -0.560. The summed E-state index contributed by atoms with van der Waals surface area (Å²) in [5, 5.41) is 2.89. The lowest BCUT2D eigenvalue weighted by Crippen LogP contribution is -2.43. The summed E-state index contributed by atoms with van der Waals surface area (Å²) in [6.07, 6.45) is 0.881. The Bertz CT molecular complexity index is 856. The highest BCUT2D eigenvalue weighted by atomic mass is 16.6. The van der Waals surface area contributed by atoms with Gasteiger partial charge in [-0.3, -0.25) is 9.69 Å². The third-order valence-electron chi connectivity index (χ3n) is 4.81. The van der Waals surface area contributed by atoms with E-state index in [2.05, 4.69) is 5.32 Å². The van der Waals surface area contributed by atoms with Gasteiger partial charge in [0.05, 0.1) is 13.2 Å². The Morgan fingerprint density at radius 3 is 2.50 bits per heavy atom. The highest BCUT2D eigenvalue weighted by Crippen LogP contribution is 2.31. The fourth-order valence-corrected chi connectivity index (χ4v) is 3.41. The SMILES string of the molecule is CCOc1ccc(NC(=O)C2CCCN2C(=O)OCc2ccccc2)cc1OCC. The van der Waals surface area contributed by atoms with Crippen LogP contribution in [0.4, 0.5) is 10.5 Å². The lowest BCUT2D eigenvalue weighted by molar-refractivity contribution is -0.120. The normalized spacial score (nSPS) is 15.5. The van der Waals surface area contributed by atoms with Crippen molar-refractivity contribution in [3.8, 4) is 11.5 Å². The third-order valence-corrected chi connectivity index (χ3v) is 4.81. The van der Waals surface area contributed by atoms with Crippen LogP contribution in [0, 0.1) is 0 Å². The van der Waals surface area contributed by atoms with Crippen molar-refractivity contribution in [2.24, 2.45) is 0 Å². The van der Waals surface area contributed by atoms with Gasteiger partial charge in [0.15, 0.2) is 11.5 Å². The van der Waals surface area contributed by atoms with Gasteiger partial charge in [0.25, 0.3) is 0 Å². The van der Waals surface area contributed by atoms with Crippen LogP contribution in [0.15, 0.2) is 48.5 Å². The van der Waals surface area contributed by atoms with Crippen molar-refractivity contribution in [3.63, 3.8) is 0 Å². The zero-order valence-corrected chi connectivity index (χ0v) is 17.4. The molecule has 1 saturated heterocycles. The number of carbonyl (C=O) groups is 2. The molecule has 0 aliphatic carbocycles. The van der Waals surface area contributed by atoms with Crippen LogP contribution >= 0.6 is 0 Å². The molecule has 30 heavy (non-hydrogen) atoms. The molecule has 3 rings (SSSR count). The summed E-state index contributed by atoms with van der Waals surface area (Å²) in [5.41, 5.74) is 1.50. The number of amides is 2. The third kappa shape index (κ3) is 5.43. The molecule has 1 atom stereocenters. The van der Waals surface area contributed by atoms with E-state index in [-0.39, 0.29) is 12.5 Å². The number of likely N-dealkylation sites (tertiary alicyclic amines) is 1. The number of hydrogen-bond donors (Lipinski definition) is 1. The van der Waals surface area contributed by atoms with E-state index in [1.54, 1.807) is 18.2 Å². The van der Waals surface area contributed by atoms with Gasteiger partial charge in [-0.25, -0.2) is 4.79 Å². The van der Waals surface area contributed by atoms with E-state index in [0.29, 0.717) is 43.4 Å². The van der Waals surface area contributed by atoms with E-state index in [1.807, 2.05) is 44.2 Å². The van der Waals surface area contributed by atoms with E-state index in [4.69, 9.17) is 14.2 Å². The second kappa shape index (κ2) is 10.5. The summed E-state index contributed by atoms with van der Waals surface area (Å²) >= 11 is 0. The molecular weight excluding hydrogens is 384 g/mol. The van der Waals surface area contributed by atoms with E-state index < -0.39 is 12.1 Å². The van der Waals surface area contributed by atoms with Crippen molar-refractivity contribution in [1.82, 2.24) is 4.90 Å². The molecule has 0 aromatic heterocycles. The van der Waals surface area contributed by atoms with Gasteiger partial charge in [-0.1, -0.05) is 30.3 Å². The molecule has 0 radical (unpaired) electrons. The van der Waals surface area contributed by atoms with Crippen molar-refractivity contribution >= 4 is 17.7 Å². The minimum absolute atomic E-state index is 0.182. The molecule has 1 aliphatic rings. The van der Waals surface area contributed by atoms with Crippen LogP contribution in [0.5, 0.6) is 11.5 Å². The second-order valence-electron chi connectivity index (χ2n) is 6.91. The molecule has 160 valence electrons. The standard InChI is InChI=1S/C23H28N2O5/c1-3-28-20-13-12-18(15-21(20)29-4-2)24-22(26)19-11-8-14-25(19)23(27)30-16-17-9-6-5-7-10-17/h5-7,9-10,12-13,15,19H,3-4,8,11,14,16H2,1-2H3,(H,24,26). The Balaban J connectivity index is 1.62. The predicted molar refractivity (Wildman–Crippen MR) is 114 cm³/mol. The molecule has 1 heterocycles. The number of ether oxygens (including phenoxy) is 3. The Labute approximate surface area is 176 Å². The van der Waals surface area contributed by atoms with E-state index in [9.17, 15) is 9.59 Å². The highest BCUT2D eigenvalue weighted by Gasteiger charge is 2.35. The molecule has 0 saturated carbocycles. The molecule has 7 nitrogen and oxygen atoms in total. The highest BCUT2D eigenvalue weighted by molar-refractivity contribution is 5.97. The van der Waals surface area contributed by atoms with Crippen molar-refractivity contribution in [2.45, 2.75) is 39.3 Å². The first kappa shape index (κ1) is 21.5. The topological polar surface area (TPSA) is 77.1 Å². The molecular formula is C23H28N2O5. The molecule has 2 aromatic carbocycles. The smallest absolute Gasteiger partial charge is 0.410 e. The average Bonchev–Trinajstić information content (AvgIpc) is 3.25. The number of rotatable bonds is 8. The number of benzene rings is 2. The van der Waals surface area contributed by atoms with Crippen LogP contribution in [-0.4, -0.2) is 42.7 Å². The number of nitrogens with one attached hydrogen (secondary N) is 1. The van der Waals surface area contributed by atoms with Gasteiger partial charge in [-0.15, -0.1) is 0 Å². The van der Waals surface area contributed by atoms with Gasteiger partial charge in [-0.05, 0) is 44.4 Å². The number of anilines is 1. The van der Waals surface area contributed by atoms with Crippen LogP contribution in [0.1, 0.15) is 32.3 Å². The van der Waals surface area contributed by atoms with Gasteiger partial charge in [0, 0.05) is 18.3 Å². The molecule has 7 heteroatoms. The summed E-state index contributed by atoms with van der Waals surface area (Å²) in [7, 11) is 0. The fourth-order valence-electron chi connectivity index (χ4n) is 3.41. The molecule has 1 unspecified atom stereocenters. The Morgan fingerprint density at radius 2 is 1.77 bits per heavy atom. The average molecular weight is 412 g/mol. The van der Waals surface area contributed by atoms with Crippen LogP contribution in [-0.2, 0) is 16.1 Å². The van der Waals surface area contributed by atoms with Crippen molar-refractivity contribution in [3.05, 3.63) is 54.1 Å². The molecule has 0 bridgehead atoms. The van der Waals surface area contributed by atoms with Crippen LogP contribution in [0.2, 0.25) is 0 Å². The molecule has 2 amide bonds. The maximum absolute atomic E-state index is 12.9. The quantitative estimate of drug-likeness (QED) is 0.702. The molecule has 1 fully saturated rings. The fraction of sp³-hybridized carbons (Fsp3) is 0.391. The Morgan fingerprint density at radius 1 is 1.03 bits per heavy atom. The zero-order valence-electron chi connectivity index (χ0n) is 17.4. The van der Waals surface area contributed by atoms with Crippen molar-refractivity contribution in [1.29, 1.82) is 0 Å². The summed E-state index contributed by atoms with van der Waals surface area (Å²) in [4.78, 5) is 26.9. The largest absolute Gasteiger partial charge is 0.490 e. The zero-order chi connectivity index (χ0) is 21.3. The second-order valence-corrected chi connectivity index (χ2v) is 6.91. The summed E-state index contributed by atoms with van der Waals surface area (Å²) in [5.74, 6) is 0.961. The van der Waals surface area contributed by atoms with Gasteiger partial charge in [0.2, 0.25) is 5.91 Å². The molecule has 0 spiro atoms. The van der Waals surface area contributed by atoms with Gasteiger partial charge in [-0.2, -0.15) is 0 Å². The first-order chi connectivity index (χ1) is 14.6. The van der Waals surface area contributed by atoms with Crippen LogP contribution < -0.4 is 14.8 Å². The monoisotopic (exact) mass is 412 g/mol. The van der Waals surface area contributed by atoms with Crippen LogP contribution in [0.25, 0.3) is 0 Å². The predicted octanol–water partition coefficient (Wildman–Crippen LogP) is 4.22. The van der Waals surface area contributed by atoms with Gasteiger partial charge in [0.1, 0.15) is 12.6 Å². The molecule has 1 aliphatic heterocycles. The van der Waals surface area contributed by atoms with E-state index in [0.717, 1.165) is 12.0 Å². The van der Waals surface area contributed by atoms with Crippen molar-refractivity contribution < 1.29 is 23.8 Å². The lowest BCUT2D eigenvalue weighted by atomic mass is 10.2. The van der Waals surface area contributed by atoms with E-state index in [1.165, 1.54) is 4.90 Å². The van der Waals surface area contributed by atoms with Crippen molar-refractivity contribution in [2.75, 3.05) is 25.1 Å². The van der Waals surface area contributed by atoms with Crippen LogP contribution in [0.3, 0.4) is 0 Å². The first-order valence-corrected chi connectivity index (χ1v) is 10.3. The number of nitrogens with zero attached hydrogens (tertiary/aromatic N) is 1. The van der Waals surface area contributed by atoms with Gasteiger partial charge < -0.3 is 19.5 Å². The maximum Gasteiger partial charge on any atom is 0.410 e. The summed E-state index contributed by atoms with van der Waals surface area (Å²) in [6, 6.07) is 14.2. The lowest BCUT2D eigenvalue weighted by Gasteiger charge is -2.23. The number of carbonyl (C=O) groups excluding carboxylic acids is 2.